The maximum absolute atomic E-state index is 12.1. The van der Waals surface area contributed by atoms with Crippen molar-refractivity contribution in [2.24, 2.45) is 0 Å². The maximum atomic E-state index is 12.1. The van der Waals surface area contributed by atoms with Gasteiger partial charge in [-0.2, -0.15) is 0 Å². The zero-order valence-electron chi connectivity index (χ0n) is 6.32. The van der Waals surface area contributed by atoms with Crippen LogP contribution in [0, 0.1) is 0 Å². The largest absolute Gasteiger partial charge is 0.388 e. The average molecular weight is 141 g/mol. The van der Waals surface area contributed by atoms with Crippen LogP contribution in [0.3, 0.4) is 0 Å². The lowest BCUT2D eigenvalue weighted by Crippen LogP contribution is -2.01. The van der Waals surface area contributed by atoms with Gasteiger partial charge >= 0.3 is 0 Å². The highest BCUT2D eigenvalue weighted by atomic mass is 19.1. The Bertz CT molecular complexity index is 164. The molecule has 0 spiro atoms. The van der Waals surface area contributed by atoms with Crippen LogP contribution in [0.1, 0.15) is 6.92 Å². The molecule has 0 saturated heterocycles. The molecule has 0 aromatic rings. The summed E-state index contributed by atoms with van der Waals surface area (Å²) in [4.78, 5) is 0. The molecule has 1 N–H and O–H groups in total. The van der Waals surface area contributed by atoms with Gasteiger partial charge < -0.3 is 5.32 Å². The Labute approximate surface area is 60.9 Å². The number of hydrogen-bond donors (Lipinski definition) is 1. The summed E-state index contributed by atoms with van der Waals surface area (Å²) in [5.74, 6) is -0.213. The molecule has 0 bridgehead atoms. The molecular formula is C8H12FN. The standard InChI is InChI=1S/C8H12FN/c1-4-8(10-3)6-5-7(2)9/h4-6,10H,1H2,2-3H3/b7-5+,8-6+. The first kappa shape index (κ1) is 8.95. The first-order valence-electron chi connectivity index (χ1n) is 3.05. The number of hydrogen-bond acceptors (Lipinski definition) is 1. The van der Waals surface area contributed by atoms with E-state index in [0.29, 0.717) is 0 Å². The maximum Gasteiger partial charge on any atom is 0.0969 e. The summed E-state index contributed by atoms with van der Waals surface area (Å²) in [6, 6.07) is 0. The molecule has 0 radical (unpaired) electrons. The summed E-state index contributed by atoms with van der Waals surface area (Å²) < 4.78 is 12.1. The molecule has 0 aromatic carbocycles. The molecule has 10 heavy (non-hydrogen) atoms. The molecule has 0 aliphatic heterocycles. The predicted octanol–water partition coefficient (Wildman–Crippen LogP) is 2.15. The van der Waals surface area contributed by atoms with Crippen molar-refractivity contribution in [3.8, 4) is 0 Å². The lowest BCUT2D eigenvalue weighted by Gasteiger charge is -1.95. The lowest BCUT2D eigenvalue weighted by atomic mass is 10.3. The van der Waals surface area contributed by atoms with E-state index in [2.05, 4.69) is 11.9 Å². The van der Waals surface area contributed by atoms with Gasteiger partial charge in [0.2, 0.25) is 0 Å². The highest BCUT2D eigenvalue weighted by Crippen LogP contribution is 1.96. The topological polar surface area (TPSA) is 12.0 Å². The van der Waals surface area contributed by atoms with E-state index in [0.717, 1.165) is 5.70 Å². The Kier molecular flexibility index (Phi) is 4.29. The van der Waals surface area contributed by atoms with Crippen LogP contribution in [0.15, 0.2) is 36.3 Å². The van der Waals surface area contributed by atoms with Crippen LogP contribution in [0.25, 0.3) is 0 Å². The minimum Gasteiger partial charge on any atom is -0.388 e. The van der Waals surface area contributed by atoms with Crippen molar-refractivity contribution in [3.05, 3.63) is 36.3 Å². The zero-order valence-corrected chi connectivity index (χ0v) is 6.32. The summed E-state index contributed by atoms with van der Waals surface area (Å²) in [5, 5.41) is 2.84. The Morgan fingerprint density at radius 3 is 2.40 bits per heavy atom. The third-order valence-corrected chi connectivity index (χ3v) is 1.00. The van der Waals surface area contributed by atoms with Crippen molar-refractivity contribution >= 4 is 0 Å². The second kappa shape index (κ2) is 4.79. The monoisotopic (exact) mass is 141 g/mol. The van der Waals surface area contributed by atoms with Crippen molar-refractivity contribution in [1.82, 2.24) is 5.32 Å². The van der Waals surface area contributed by atoms with Crippen LogP contribution in [0.5, 0.6) is 0 Å². The van der Waals surface area contributed by atoms with E-state index in [1.54, 1.807) is 19.2 Å². The third kappa shape index (κ3) is 3.89. The molecule has 0 aliphatic carbocycles. The SMILES string of the molecule is C=C/C(=C\C=C(/C)F)NC. The fourth-order valence-electron chi connectivity index (χ4n) is 0.458. The van der Waals surface area contributed by atoms with Crippen molar-refractivity contribution in [2.45, 2.75) is 6.92 Å². The highest BCUT2D eigenvalue weighted by Gasteiger charge is 1.81. The van der Waals surface area contributed by atoms with Gasteiger partial charge in [-0.25, -0.2) is 4.39 Å². The molecule has 0 rings (SSSR count). The predicted molar refractivity (Wildman–Crippen MR) is 42.2 cm³/mol. The number of nitrogens with one attached hydrogen (secondary N) is 1. The quantitative estimate of drug-likeness (QED) is 0.594. The number of rotatable bonds is 3. The molecule has 0 aliphatic rings. The fraction of sp³-hybridized carbons (Fsp3) is 0.250. The minimum atomic E-state index is -0.213. The normalized spacial score (nSPS) is 13.1. The fourth-order valence-corrected chi connectivity index (χ4v) is 0.458. The molecule has 0 unspecified atom stereocenters. The molecule has 56 valence electrons. The zero-order chi connectivity index (χ0) is 7.98. The van der Waals surface area contributed by atoms with Crippen LogP contribution >= 0.6 is 0 Å². The van der Waals surface area contributed by atoms with Crippen molar-refractivity contribution < 1.29 is 4.39 Å². The van der Waals surface area contributed by atoms with Crippen molar-refractivity contribution in [3.63, 3.8) is 0 Å². The molecule has 0 atom stereocenters. The van der Waals surface area contributed by atoms with Gasteiger partial charge in [0.15, 0.2) is 0 Å². The third-order valence-electron chi connectivity index (χ3n) is 1.00. The van der Waals surface area contributed by atoms with Crippen LogP contribution in [0.4, 0.5) is 4.39 Å². The Morgan fingerprint density at radius 1 is 1.50 bits per heavy atom. The van der Waals surface area contributed by atoms with Crippen molar-refractivity contribution in [1.29, 1.82) is 0 Å². The lowest BCUT2D eigenvalue weighted by molar-refractivity contribution is 0.640. The van der Waals surface area contributed by atoms with E-state index in [1.807, 2.05) is 0 Å². The van der Waals surface area contributed by atoms with Gasteiger partial charge in [0, 0.05) is 12.7 Å². The van der Waals surface area contributed by atoms with Gasteiger partial charge in [0.05, 0.1) is 5.83 Å². The molecule has 0 aromatic heterocycles. The van der Waals surface area contributed by atoms with E-state index in [-0.39, 0.29) is 5.83 Å². The summed E-state index contributed by atoms with van der Waals surface area (Å²) in [6.07, 6.45) is 4.63. The molecule has 0 saturated carbocycles. The number of likely N-dealkylation sites (N-methyl/N-ethyl adjacent to an activating group) is 1. The van der Waals surface area contributed by atoms with E-state index in [4.69, 9.17) is 0 Å². The van der Waals surface area contributed by atoms with Gasteiger partial charge in [-0.05, 0) is 25.2 Å². The van der Waals surface area contributed by atoms with Gasteiger partial charge in [-0.1, -0.05) is 6.58 Å². The Morgan fingerprint density at radius 2 is 2.10 bits per heavy atom. The molecular weight excluding hydrogens is 129 g/mol. The average Bonchev–Trinajstić information content (AvgIpc) is 1.90. The van der Waals surface area contributed by atoms with Crippen molar-refractivity contribution in [2.75, 3.05) is 7.05 Å². The highest BCUT2D eigenvalue weighted by molar-refractivity contribution is 5.20. The minimum absolute atomic E-state index is 0.213. The van der Waals surface area contributed by atoms with Crippen LogP contribution in [-0.2, 0) is 0 Å². The number of halogens is 1. The molecule has 1 nitrogen and oxygen atoms in total. The van der Waals surface area contributed by atoms with Gasteiger partial charge in [-0.3, -0.25) is 0 Å². The van der Waals surface area contributed by atoms with E-state index >= 15 is 0 Å². The van der Waals surface area contributed by atoms with E-state index < -0.39 is 0 Å². The summed E-state index contributed by atoms with van der Waals surface area (Å²) in [7, 11) is 1.76. The van der Waals surface area contributed by atoms with Gasteiger partial charge in [0.1, 0.15) is 0 Å². The molecule has 0 heterocycles. The summed E-state index contributed by atoms with van der Waals surface area (Å²) in [6.45, 7) is 4.92. The first-order chi connectivity index (χ1) is 4.70. The summed E-state index contributed by atoms with van der Waals surface area (Å²) in [5.41, 5.74) is 0.803. The van der Waals surface area contributed by atoms with Crippen LogP contribution in [-0.4, -0.2) is 7.05 Å². The first-order valence-corrected chi connectivity index (χ1v) is 3.05. The van der Waals surface area contributed by atoms with Crippen LogP contribution < -0.4 is 5.32 Å². The van der Waals surface area contributed by atoms with E-state index in [1.165, 1.54) is 13.0 Å². The molecule has 2 heteroatoms. The Hall–Kier alpha value is -1.05. The van der Waals surface area contributed by atoms with Gasteiger partial charge in [0.25, 0.3) is 0 Å². The summed E-state index contributed by atoms with van der Waals surface area (Å²) >= 11 is 0. The van der Waals surface area contributed by atoms with Crippen LogP contribution in [0.2, 0.25) is 0 Å². The second-order valence-electron chi connectivity index (χ2n) is 1.83. The smallest absolute Gasteiger partial charge is 0.0969 e. The number of allylic oxidation sites excluding steroid dienone is 4. The molecule has 0 amide bonds. The van der Waals surface area contributed by atoms with E-state index in [9.17, 15) is 4.39 Å². The second-order valence-corrected chi connectivity index (χ2v) is 1.83. The Balaban J connectivity index is 4.12. The van der Waals surface area contributed by atoms with Gasteiger partial charge in [-0.15, -0.1) is 0 Å². The molecule has 0 fully saturated rings.